The van der Waals surface area contributed by atoms with Gasteiger partial charge in [-0.15, -0.1) is 0 Å². The lowest BCUT2D eigenvalue weighted by molar-refractivity contribution is -0.124. The number of amides is 2. The molecule has 2 aliphatic heterocycles. The van der Waals surface area contributed by atoms with E-state index in [2.05, 4.69) is 21.9 Å². The minimum Gasteiger partial charge on any atom is -0.457 e. The van der Waals surface area contributed by atoms with Gasteiger partial charge in [0, 0.05) is 43.5 Å². The summed E-state index contributed by atoms with van der Waals surface area (Å²) in [6.45, 7) is 3.58. The molecule has 3 aromatic rings. The predicted molar refractivity (Wildman–Crippen MR) is 132 cm³/mol. The summed E-state index contributed by atoms with van der Waals surface area (Å²) in [5.41, 5.74) is 1.97. The van der Waals surface area contributed by atoms with E-state index in [1.165, 1.54) is 10.6 Å². The number of hydrogen-bond donors (Lipinski definition) is 0. The van der Waals surface area contributed by atoms with Crippen molar-refractivity contribution in [2.75, 3.05) is 37.7 Å². The SMILES string of the molecule is O=C1SC(=Cc2ccc(-c3ccccc3Cl)o2)C(=O)N1CN1CCN(c2ccccc2)CC1. The summed E-state index contributed by atoms with van der Waals surface area (Å²) in [6, 6.07) is 21.3. The highest BCUT2D eigenvalue weighted by Gasteiger charge is 2.36. The van der Waals surface area contributed by atoms with E-state index in [0.717, 1.165) is 43.5 Å². The maximum atomic E-state index is 12.9. The van der Waals surface area contributed by atoms with E-state index in [9.17, 15) is 9.59 Å². The smallest absolute Gasteiger partial charge is 0.294 e. The highest BCUT2D eigenvalue weighted by molar-refractivity contribution is 8.18. The van der Waals surface area contributed by atoms with Crippen LogP contribution in [0.4, 0.5) is 10.5 Å². The molecule has 5 rings (SSSR count). The molecule has 0 saturated carbocycles. The number of piperazine rings is 1. The number of hydrogen-bond acceptors (Lipinski definition) is 6. The molecule has 168 valence electrons. The second-order valence-electron chi connectivity index (χ2n) is 7.87. The molecule has 2 aliphatic rings. The monoisotopic (exact) mass is 479 g/mol. The highest BCUT2D eigenvalue weighted by atomic mass is 35.5. The summed E-state index contributed by atoms with van der Waals surface area (Å²) >= 11 is 7.19. The fourth-order valence-electron chi connectivity index (χ4n) is 3.97. The zero-order valence-corrected chi connectivity index (χ0v) is 19.4. The van der Waals surface area contributed by atoms with Crippen molar-refractivity contribution >= 4 is 46.3 Å². The van der Waals surface area contributed by atoms with Crippen LogP contribution in [0.15, 0.2) is 76.1 Å². The van der Waals surface area contributed by atoms with Crippen LogP contribution in [0.1, 0.15) is 5.76 Å². The van der Waals surface area contributed by atoms with Gasteiger partial charge in [0.25, 0.3) is 11.1 Å². The molecule has 33 heavy (non-hydrogen) atoms. The molecule has 0 unspecified atom stereocenters. The largest absolute Gasteiger partial charge is 0.457 e. The van der Waals surface area contributed by atoms with Gasteiger partial charge in [0.05, 0.1) is 16.6 Å². The fourth-order valence-corrected chi connectivity index (χ4v) is 5.01. The third-order valence-electron chi connectivity index (χ3n) is 5.75. The number of imide groups is 1. The number of rotatable bonds is 5. The average molecular weight is 480 g/mol. The number of anilines is 1. The summed E-state index contributed by atoms with van der Waals surface area (Å²) in [5.74, 6) is 0.834. The molecule has 1 aromatic heterocycles. The van der Waals surface area contributed by atoms with E-state index in [1.807, 2.05) is 42.5 Å². The van der Waals surface area contributed by atoms with Gasteiger partial charge in [-0.2, -0.15) is 0 Å². The number of halogens is 1. The summed E-state index contributed by atoms with van der Waals surface area (Å²) in [7, 11) is 0. The molecule has 8 heteroatoms. The summed E-state index contributed by atoms with van der Waals surface area (Å²) in [5, 5.41) is 0.334. The Labute approximate surface area is 201 Å². The number of benzene rings is 2. The van der Waals surface area contributed by atoms with Crippen molar-refractivity contribution in [3.63, 3.8) is 0 Å². The predicted octanol–water partition coefficient (Wildman–Crippen LogP) is 5.42. The average Bonchev–Trinajstić information content (AvgIpc) is 3.40. The quantitative estimate of drug-likeness (QED) is 0.456. The zero-order chi connectivity index (χ0) is 22.8. The van der Waals surface area contributed by atoms with Gasteiger partial charge in [-0.05, 0) is 48.2 Å². The van der Waals surface area contributed by atoms with Gasteiger partial charge >= 0.3 is 0 Å². The van der Waals surface area contributed by atoms with Gasteiger partial charge in [0.2, 0.25) is 0 Å². The van der Waals surface area contributed by atoms with Crippen LogP contribution in [0.5, 0.6) is 0 Å². The van der Waals surface area contributed by atoms with Gasteiger partial charge in [-0.25, -0.2) is 0 Å². The van der Waals surface area contributed by atoms with Crippen molar-refractivity contribution in [1.29, 1.82) is 0 Å². The molecule has 0 atom stereocenters. The van der Waals surface area contributed by atoms with Crippen LogP contribution in [0, 0.1) is 0 Å². The second kappa shape index (κ2) is 9.47. The van der Waals surface area contributed by atoms with Crippen LogP contribution in [-0.2, 0) is 4.79 Å². The standard InChI is InChI=1S/C25H22ClN3O3S/c26-21-9-5-4-8-20(21)22-11-10-19(32-22)16-23-24(30)29(25(31)33-23)17-27-12-14-28(15-13-27)18-6-2-1-3-7-18/h1-11,16H,12-15,17H2. The Morgan fingerprint density at radius 3 is 2.39 bits per heavy atom. The summed E-state index contributed by atoms with van der Waals surface area (Å²) < 4.78 is 5.86. The van der Waals surface area contributed by atoms with E-state index >= 15 is 0 Å². The van der Waals surface area contributed by atoms with Crippen LogP contribution in [0.2, 0.25) is 5.02 Å². The van der Waals surface area contributed by atoms with E-state index in [4.69, 9.17) is 16.0 Å². The molecule has 2 saturated heterocycles. The Morgan fingerprint density at radius 1 is 0.909 bits per heavy atom. The Hall–Kier alpha value is -3.00. The van der Waals surface area contributed by atoms with E-state index in [1.54, 1.807) is 18.2 Å². The van der Waals surface area contributed by atoms with Crippen molar-refractivity contribution in [1.82, 2.24) is 9.80 Å². The number of para-hydroxylation sites is 1. The van der Waals surface area contributed by atoms with E-state index in [-0.39, 0.29) is 11.1 Å². The second-order valence-corrected chi connectivity index (χ2v) is 9.27. The maximum Gasteiger partial charge on any atom is 0.294 e. The number of furan rings is 1. The van der Waals surface area contributed by atoms with Crippen LogP contribution in [-0.4, -0.2) is 53.8 Å². The first-order valence-corrected chi connectivity index (χ1v) is 11.9. The fraction of sp³-hybridized carbons (Fsp3) is 0.200. The van der Waals surface area contributed by atoms with Gasteiger partial charge in [0.1, 0.15) is 11.5 Å². The molecular weight excluding hydrogens is 458 g/mol. The molecule has 3 heterocycles. The van der Waals surface area contributed by atoms with Gasteiger partial charge in [-0.3, -0.25) is 19.4 Å². The first kappa shape index (κ1) is 21.8. The minimum absolute atomic E-state index is 0.255. The minimum atomic E-state index is -0.286. The van der Waals surface area contributed by atoms with Crippen molar-refractivity contribution in [2.45, 2.75) is 0 Å². The number of carbonyl (C=O) groups is 2. The Kier molecular flexibility index (Phi) is 6.26. The summed E-state index contributed by atoms with van der Waals surface area (Å²) in [6.07, 6.45) is 1.62. The lowest BCUT2D eigenvalue weighted by Gasteiger charge is -2.37. The van der Waals surface area contributed by atoms with Crippen LogP contribution < -0.4 is 4.90 Å². The lowest BCUT2D eigenvalue weighted by atomic mass is 10.2. The molecule has 0 spiro atoms. The number of thioether (sulfide) groups is 1. The Morgan fingerprint density at radius 2 is 1.64 bits per heavy atom. The summed E-state index contributed by atoms with van der Waals surface area (Å²) in [4.78, 5) is 31.6. The van der Waals surface area contributed by atoms with E-state index < -0.39 is 0 Å². The lowest BCUT2D eigenvalue weighted by Crippen LogP contribution is -2.50. The molecule has 0 N–H and O–H groups in total. The van der Waals surface area contributed by atoms with Gasteiger partial charge in [-0.1, -0.05) is 41.9 Å². The number of nitrogens with zero attached hydrogens (tertiary/aromatic N) is 3. The molecule has 2 fully saturated rings. The van der Waals surface area contributed by atoms with Crippen molar-refractivity contribution < 1.29 is 14.0 Å². The first-order chi connectivity index (χ1) is 16.1. The van der Waals surface area contributed by atoms with Crippen molar-refractivity contribution in [2.24, 2.45) is 0 Å². The normalized spacial score (nSPS) is 18.5. The molecule has 0 radical (unpaired) electrons. The number of carbonyl (C=O) groups excluding carboxylic acids is 2. The molecule has 2 amide bonds. The van der Waals surface area contributed by atoms with Gasteiger partial charge in [0.15, 0.2) is 0 Å². The van der Waals surface area contributed by atoms with Crippen LogP contribution in [0.3, 0.4) is 0 Å². The zero-order valence-electron chi connectivity index (χ0n) is 17.8. The molecule has 2 aromatic carbocycles. The highest BCUT2D eigenvalue weighted by Crippen LogP contribution is 2.34. The third-order valence-corrected chi connectivity index (χ3v) is 6.99. The Balaban J connectivity index is 1.23. The molecule has 0 aliphatic carbocycles. The third kappa shape index (κ3) is 4.71. The molecule has 6 nitrogen and oxygen atoms in total. The van der Waals surface area contributed by atoms with Gasteiger partial charge < -0.3 is 9.32 Å². The van der Waals surface area contributed by atoms with Crippen molar-refractivity contribution in [3.05, 3.63) is 82.4 Å². The first-order valence-electron chi connectivity index (χ1n) is 10.7. The molecule has 0 bridgehead atoms. The topological polar surface area (TPSA) is 57.0 Å². The molecular formula is C25H22ClN3O3S. The Bertz CT molecular complexity index is 1200. The van der Waals surface area contributed by atoms with Crippen LogP contribution in [0.25, 0.3) is 17.4 Å². The van der Waals surface area contributed by atoms with E-state index in [0.29, 0.717) is 28.1 Å². The maximum absolute atomic E-state index is 12.9. The van der Waals surface area contributed by atoms with Crippen molar-refractivity contribution in [3.8, 4) is 11.3 Å². The van der Waals surface area contributed by atoms with Crippen LogP contribution >= 0.6 is 23.4 Å².